The second-order valence-electron chi connectivity index (χ2n) is 3.31. The first kappa shape index (κ1) is 9.50. The Hall–Kier alpha value is -0.590. The van der Waals surface area contributed by atoms with Gasteiger partial charge in [0.05, 0.1) is 5.54 Å². The molecular weight excluding hydrogens is 170 g/mol. The molecule has 1 aliphatic carbocycles. The lowest BCUT2D eigenvalue weighted by atomic mass is 9.68. The largest absolute Gasteiger partial charge is 0.368 e. The molecule has 0 aromatic heterocycles. The normalized spacial score (nSPS) is 30.1. The molecule has 0 amide bonds. The zero-order chi connectivity index (χ0) is 9.62. The Labute approximate surface area is 67.5 Å². The Morgan fingerprint density at radius 3 is 2.17 bits per heavy atom. The zero-order valence-corrected chi connectivity index (χ0v) is 6.26. The summed E-state index contributed by atoms with van der Waals surface area (Å²) >= 11 is 0. The smallest absolute Gasteiger partial charge is 0.252 e. The number of aliphatic hydroxyl groups is 1. The van der Waals surface area contributed by atoms with Crippen LogP contribution in [0.4, 0.5) is 8.78 Å². The SMILES string of the molecule is NC1([C@](N)(O)C=O)CC(F)(F)C1. The molecule has 1 rings (SSSR count). The molecule has 0 aromatic rings. The van der Waals surface area contributed by atoms with Crippen molar-refractivity contribution in [2.24, 2.45) is 11.5 Å². The van der Waals surface area contributed by atoms with Crippen LogP contribution in [0.5, 0.6) is 0 Å². The van der Waals surface area contributed by atoms with E-state index >= 15 is 0 Å². The highest BCUT2D eigenvalue weighted by atomic mass is 19.3. The van der Waals surface area contributed by atoms with Gasteiger partial charge in [0.1, 0.15) is 0 Å². The molecule has 0 heterocycles. The number of alkyl halides is 2. The third kappa shape index (κ3) is 1.21. The number of hydrogen-bond donors (Lipinski definition) is 3. The van der Waals surface area contributed by atoms with Gasteiger partial charge in [-0.25, -0.2) is 8.78 Å². The van der Waals surface area contributed by atoms with Crippen molar-refractivity contribution in [3.8, 4) is 0 Å². The third-order valence-electron chi connectivity index (χ3n) is 2.13. The lowest BCUT2D eigenvalue weighted by Crippen LogP contribution is -2.75. The first-order valence-electron chi connectivity index (χ1n) is 3.37. The standard InChI is InChI=1S/C6H10F2N2O2/c7-5(8)1-4(9,2-5)6(10,12)3-11/h3,12H,1-2,9-10H2/t6-/m1/s1. The van der Waals surface area contributed by atoms with Crippen LogP contribution in [0, 0.1) is 0 Å². The monoisotopic (exact) mass is 180 g/mol. The van der Waals surface area contributed by atoms with E-state index in [1.54, 1.807) is 0 Å². The maximum absolute atomic E-state index is 12.3. The van der Waals surface area contributed by atoms with Crippen LogP contribution in [0.2, 0.25) is 0 Å². The maximum atomic E-state index is 12.3. The minimum atomic E-state index is -2.91. The van der Waals surface area contributed by atoms with Crippen molar-refractivity contribution in [1.82, 2.24) is 0 Å². The lowest BCUT2D eigenvalue weighted by Gasteiger charge is -2.49. The average molecular weight is 180 g/mol. The molecule has 0 aromatic carbocycles. The molecular formula is C6H10F2N2O2. The van der Waals surface area contributed by atoms with Gasteiger partial charge in [-0.05, 0) is 0 Å². The number of aldehydes is 1. The first-order chi connectivity index (χ1) is 5.22. The van der Waals surface area contributed by atoms with E-state index in [4.69, 9.17) is 16.6 Å². The molecule has 0 bridgehead atoms. The van der Waals surface area contributed by atoms with E-state index in [9.17, 15) is 13.6 Å². The summed E-state index contributed by atoms with van der Waals surface area (Å²) in [6, 6.07) is 0. The van der Waals surface area contributed by atoms with Gasteiger partial charge in [0.25, 0.3) is 5.92 Å². The Morgan fingerprint density at radius 2 is 1.92 bits per heavy atom. The van der Waals surface area contributed by atoms with Gasteiger partial charge in [-0.2, -0.15) is 0 Å². The van der Waals surface area contributed by atoms with E-state index in [1.807, 2.05) is 0 Å². The van der Waals surface area contributed by atoms with Gasteiger partial charge >= 0.3 is 0 Å². The van der Waals surface area contributed by atoms with Gasteiger partial charge in [0.15, 0.2) is 12.0 Å². The predicted molar refractivity (Wildman–Crippen MR) is 36.3 cm³/mol. The number of hydrogen-bond acceptors (Lipinski definition) is 4. The van der Waals surface area contributed by atoms with Crippen LogP contribution < -0.4 is 11.5 Å². The summed E-state index contributed by atoms with van der Waals surface area (Å²) in [4.78, 5) is 10.2. The highest BCUT2D eigenvalue weighted by Gasteiger charge is 2.63. The molecule has 0 radical (unpaired) electrons. The minimum Gasteiger partial charge on any atom is -0.368 e. The van der Waals surface area contributed by atoms with E-state index in [0.29, 0.717) is 0 Å². The van der Waals surface area contributed by atoms with E-state index in [1.165, 1.54) is 0 Å². The van der Waals surface area contributed by atoms with E-state index in [2.05, 4.69) is 0 Å². The van der Waals surface area contributed by atoms with Crippen LogP contribution in [-0.4, -0.2) is 28.6 Å². The van der Waals surface area contributed by atoms with Crippen molar-refractivity contribution in [3.63, 3.8) is 0 Å². The molecule has 1 saturated carbocycles. The average Bonchev–Trinajstić information content (AvgIpc) is 1.83. The summed E-state index contributed by atoms with van der Waals surface area (Å²) in [5.74, 6) is -2.91. The van der Waals surface area contributed by atoms with E-state index < -0.39 is 30.0 Å². The van der Waals surface area contributed by atoms with Gasteiger partial charge in [-0.15, -0.1) is 0 Å². The van der Waals surface area contributed by atoms with Gasteiger partial charge in [-0.1, -0.05) is 0 Å². The second-order valence-corrected chi connectivity index (χ2v) is 3.31. The maximum Gasteiger partial charge on any atom is 0.252 e. The quantitative estimate of drug-likeness (QED) is 0.374. The fourth-order valence-electron chi connectivity index (χ4n) is 1.27. The van der Waals surface area contributed by atoms with Crippen LogP contribution in [0.3, 0.4) is 0 Å². The van der Waals surface area contributed by atoms with Crippen LogP contribution in [-0.2, 0) is 4.79 Å². The molecule has 0 unspecified atom stereocenters. The van der Waals surface area contributed by atoms with Gasteiger partial charge in [-0.3, -0.25) is 10.5 Å². The fourth-order valence-corrected chi connectivity index (χ4v) is 1.27. The molecule has 6 heteroatoms. The molecule has 70 valence electrons. The minimum absolute atomic E-state index is 0.0117. The first-order valence-corrected chi connectivity index (χ1v) is 3.37. The Kier molecular flexibility index (Phi) is 1.75. The molecule has 1 aliphatic rings. The van der Waals surface area contributed by atoms with Crippen LogP contribution in [0.15, 0.2) is 0 Å². The molecule has 4 nitrogen and oxygen atoms in total. The van der Waals surface area contributed by atoms with Crippen molar-refractivity contribution < 1.29 is 18.7 Å². The molecule has 1 fully saturated rings. The van der Waals surface area contributed by atoms with Crippen LogP contribution >= 0.6 is 0 Å². The summed E-state index contributed by atoms with van der Waals surface area (Å²) < 4.78 is 24.7. The van der Waals surface area contributed by atoms with Gasteiger partial charge < -0.3 is 10.8 Å². The van der Waals surface area contributed by atoms with E-state index in [-0.39, 0.29) is 6.29 Å². The summed E-state index contributed by atoms with van der Waals surface area (Å²) in [5, 5.41) is 9.09. The summed E-state index contributed by atoms with van der Waals surface area (Å²) in [7, 11) is 0. The number of carbonyl (C=O) groups is 1. The van der Waals surface area contributed by atoms with Crippen molar-refractivity contribution in [3.05, 3.63) is 0 Å². The Bertz CT molecular complexity index is 210. The predicted octanol–water partition coefficient (Wildman–Crippen LogP) is -1.04. The number of rotatable bonds is 2. The molecule has 0 aliphatic heterocycles. The molecule has 0 saturated heterocycles. The molecule has 1 atom stereocenters. The van der Waals surface area contributed by atoms with Gasteiger partial charge in [0.2, 0.25) is 0 Å². The molecule has 0 spiro atoms. The number of carbonyl (C=O) groups excluding carboxylic acids is 1. The molecule has 5 N–H and O–H groups in total. The highest BCUT2D eigenvalue weighted by molar-refractivity contribution is 5.64. The van der Waals surface area contributed by atoms with Crippen molar-refractivity contribution in [1.29, 1.82) is 0 Å². The van der Waals surface area contributed by atoms with Crippen molar-refractivity contribution >= 4 is 6.29 Å². The van der Waals surface area contributed by atoms with Gasteiger partial charge in [0, 0.05) is 12.8 Å². The van der Waals surface area contributed by atoms with Crippen LogP contribution in [0.25, 0.3) is 0 Å². The lowest BCUT2D eigenvalue weighted by molar-refractivity contribution is -0.186. The Balaban J connectivity index is 2.73. The second kappa shape index (κ2) is 2.21. The number of nitrogens with two attached hydrogens (primary N) is 2. The highest BCUT2D eigenvalue weighted by Crippen LogP contribution is 2.47. The van der Waals surface area contributed by atoms with Crippen molar-refractivity contribution in [2.75, 3.05) is 0 Å². The molecule has 12 heavy (non-hydrogen) atoms. The topological polar surface area (TPSA) is 89.3 Å². The summed E-state index contributed by atoms with van der Waals surface area (Å²) in [6.45, 7) is 0. The fraction of sp³-hybridized carbons (Fsp3) is 0.833. The number of halogens is 2. The third-order valence-corrected chi connectivity index (χ3v) is 2.13. The van der Waals surface area contributed by atoms with Crippen molar-refractivity contribution in [2.45, 2.75) is 30.0 Å². The summed E-state index contributed by atoms with van der Waals surface area (Å²) in [5.41, 5.74) is 6.25. The van der Waals surface area contributed by atoms with E-state index in [0.717, 1.165) is 0 Å². The van der Waals surface area contributed by atoms with Crippen LogP contribution in [0.1, 0.15) is 12.8 Å². The summed E-state index contributed by atoms with van der Waals surface area (Å²) in [6.07, 6.45) is -1.53. The zero-order valence-electron chi connectivity index (χ0n) is 6.26. The Morgan fingerprint density at radius 1 is 1.50 bits per heavy atom.